The van der Waals surface area contributed by atoms with Crippen molar-refractivity contribution in [3.63, 3.8) is 0 Å². The first kappa shape index (κ1) is 11.4. The highest BCUT2D eigenvalue weighted by Crippen LogP contribution is 2.41. The molecule has 0 fully saturated rings. The van der Waals surface area contributed by atoms with Crippen LogP contribution in [0.2, 0.25) is 0 Å². The molecule has 0 saturated carbocycles. The molecule has 0 radical (unpaired) electrons. The van der Waals surface area contributed by atoms with Gasteiger partial charge >= 0.3 is 0 Å². The quantitative estimate of drug-likeness (QED) is 0.582. The van der Waals surface area contributed by atoms with Crippen LogP contribution < -0.4 is 4.74 Å². The van der Waals surface area contributed by atoms with Gasteiger partial charge in [0.05, 0.1) is 11.5 Å². The van der Waals surface area contributed by atoms with Crippen LogP contribution in [-0.2, 0) is 12.8 Å². The Balaban J connectivity index is 2.11. The summed E-state index contributed by atoms with van der Waals surface area (Å²) in [5, 5.41) is 0. The van der Waals surface area contributed by atoms with Crippen LogP contribution in [0.5, 0.6) is 5.75 Å². The van der Waals surface area contributed by atoms with E-state index in [0.29, 0.717) is 0 Å². The molecule has 0 unspecified atom stereocenters. The van der Waals surface area contributed by atoms with Gasteiger partial charge in [-0.1, -0.05) is 32.9 Å². The Hall–Kier alpha value is -0.710. The van der Waals surface area contributed by atoms with Crippen LogP contribution in [0.15, 0.2) is 18.2 Å². The van der Waals surface area contributed by atoms with Gasteiger partial charge in [-0.3, -0.25) is 0 Å². The Labute approximate surface area is 113 Å². The number of ether oxygens (including phenoxy) is 1. The minimum atomic E-state index is 0.724. The summed E-state index contributed by atoms with van der Waals surface area (Å²) >= 11 is 5.37. The molecule has 1 heterocycles. The van der Waals surface area contributed by atoms with Gasteiger partial charge in [-0.25, -0.2) is 0 Å². The predicted octanol–water partition coefficient (Wildman–Crippen LogP) is 4.70. The topological polar surface area (TPSA) is 9.23 Å². The first-order valence-corrected chi connectivity index (χ1v) is 8.23. The molecule has 0 atom stereocenters. The molecular weight excluding hydrogens is 268 g/mol. The van der Waals surface area contributed by atoms with Crippen LogP contribution in [0.4, 0.5) is 0 Å². The molecule has 4 heteroatoms. The van der Waals surface area contributed by atoms with E-state index in [9.17, 15) is 0 Å². The average molecular weight is 280 g/mol. The smallest absolute Gasteiger partial charge is 0.119 e. The molecule has 1 nitrogen and oxygen atoms in total. The number of aryl methyl sites for hydroxylation is 1. The van der Waals surface area contributed by atoms with E-state index in [0.717, 1.165) is 29.0 Å². The Morgan fingerprint density at radius 2 is 2.18 bits per heavy atom. The molecule has 0 spiro atoms. The van der Waals surface area contributed by atoms with Gasteiger partial charge in [-0.05, 0) is 49.1 Å². The Morgan fingerprint density at radius 1 is 1.29 bits per heavy atom. The maximum absolute atomic E-state index is 5.55. The standard InChI is InChI=1S/C13H12OS3/c1-2-14-9-4-6-10-8(7-9)3-5-11-12(10)16-17-13(11)15/h4,6-7H,2-3,5H2,1H3. The zero-order valence-electron chi connectivity index (χ0n) is 9.49. The van der Waals surface area contributed by atoms with Crippen LogP contribution in [0.3, 0.4) is 0 Å². The second-order valence-electron chi connectivity index (χ2n) is 4.01. The van der Waals surface area contributed by atoms with Gasteiger partial charge in [0.2, 0.25) is 0 Å². The fourth-order valence-electron chi connectivity index (χ4n) is 2.21. The molecule has 0 N–H and O–H groups in total. The molecule has 1 aromatic heterocycles. The van der Waals surface area contributed by atoms with E-state index in [1.165, 1.54) is 21.6 Å². The van der Waals surface area contributed by atoms with Gasteiger partial charge < -0.3 is 4.74 Å². The third-order valence-corrected chi connectivity index (χ3v) is 6.17. The van der Waals surface area contributed by atoms with E-state index in [2.05, 4.69) is 18.2 Å². The van der Waals surface area contributed by atoms with E-state index in [1.54, 1.807) is 10.3 Å². The molecule has 0 aliphatic heterocycles. The summed E-state index contributed by atoms with van der Waals surface area (Å²) in [6.45, 7) is 2.74. The van der Waals surface area contributed by atoms with Crippen LogP contribution in [-0.4, -0.2) is 6.61 Å². The molecule has 1 aliphatic carbocycles. The molecule has 88 valence electrons. The van der Waals surface area contributed by atoms with Crippen LogP contribution in [0.1, 0.15) is 18.1 Å². The van der Waals surface area contributed by atoms with Gasteiger partial charge in [0.15, 0.2) is 0 Å². The molecule has 17 heavy (non-hydrogen) atoms. The predicted molar refractivity (Wildman–Crippen MR) is 77.0 cm³/mol. The lowest BCUT2D eigenvalue weighted by Gasteiger charge is -2.16. The summed E-state index contributed by atoms with van der Waals surface area (Å²) in [5.41, 5.74) is 4.13. The van der Waals surface area contributed by atoms with Crippen molar-refractivity contribution in [1.29, 1.82) is 0 Å². The summed E-state index contributed by atoms with van der Waals surface area (Å²) in [6.07, 6.45) is 2.16. The molecule has 0 amide bonds. The summed E-state index contributed by atoms with van der Waals surface area (Å²) < 4.78 is 6.62. The van der Waals surface area contributed by atoms with Crippen molar-refractivity contribution in [2.45, 2.75) is 19.8 Å². The summed E-state index contributed by atoms with van der Waals surface area (Å²) in [5.74, 6) is 0.980. The molecule has 0 bridgehead atoms. The van der Waals surface area contributed by atoms with Crippen molar-refractivity contribution in [2.75, 3.05) is 6.61 Å². The SMILES string of the molecule is CCOc1ccc2c(c1)CCc1c-2ssc1=S. The lowest BCUT2D eigenvalue weighted by Crippen LogP contribution is -2.02. The Bertz CT molecular complexity index is 609. The van der Waals surface area contributed by atoms with E-state index in [-0.39, 0.29) is 0 Å². The number of hydrogen-bond acceptors (Lipinski definition) is 4. The van der Waals surface area contributed by atoms with Crippen molar-refractivity contribution in [2.24, 2.45) is 0 Å². The third kappa shape index (κ3) is 1.94. The molecule has 1 aromatic carbocycles. The monoisotopic (exact) mass is 280 g/mol. The third-order valence-electron chi connectivity index (χ3n) is 3.00. The zero-order chi connectivity index (χ0) is 11.8. The average Bonchev–Trinajstić information content (AvgIpc) is 2.72. The fraction of sp³-hybridized carbons (Fsp3) is 0.308. The highest BCUT2D eigenvalue weighted by atomic mass is 32.9. The Kier molecular flexibility index (Phi) is 3.03. The van der Waals surface area contributed by atoms with Gasteiger partial charge in [-0.15, -0.1) is 0 Å². The van der Waals surface area contributed by atoms with Gasteiger partial charge in [0.25, 0.3) is 0 Å². The van der Waals surface area contributed by atoms with Crippen LogP contribution >= 0.6 is 32.9 Å². The summed E-state index contributed by atoms with van der Waals surface area (Å²) in [4.78, 5) is 1.38. The van der Waals surface area contributed by atoms with Crippen molar-refractivity contribution < 1.29 is 4.74 Å². The fourth-order valence-corrected chi connectivity index (χ4v) is 5.26. The van der Waals surface area contributed by atoms with Crippen LogP contribution in [0.25, 0.3) is 10.4 Å². The molecule has 1 aliphatic rings. The molecule has 0 saturated heterocycles. The lowest BCUT2D eigenvalue weighted by atomic mass is 9.92. The molecule has 2 aromatic rings. The van der Waals surface area contributed by atoms with E-state index in [1.807, 2.05) is 17.3 Å². The number of fused-ring (bicyclic) bond motifs is 3. The number of benzene rings is 1. The Morgan fingerprint density at radius 3 is 3.00 bits per heavy atom. The normalized spacial score (nSPS) is 13.0. The highest BCUT2D eigenvalue weighted by Gasteiger charge is 2.19. The van der Waals surface area contributed by atoms with Gasteiger partial charge in [0, 0.05) is 5.56 Å². The first-order valence-electron chi connectivity index (χ1n) is 5.67. The number of hydrogen-bond donors (Lipinski definition) is 0. The minimum Gasteiger partial charge on any atom is -0.494 e. The molecule has 3 rings (SSSR count). The highest BCUT2D eigenvalue weighted by molar-refractivity contribution is 7.80. The second-order valence-corrected chi connectivity index (χ2v) is 6.83. The van der Waals surface area contributed by atoms with Crippen molar-refractivity contribution in [1.82, 2.24) is 0 Å². The maximum atomic E-state index is 5.55. The number of rotatable bonds is 2. The van der Waals surface area contributed by atoms with E-state index < -0.39 is 0 Å². The van der Waals surface area contributed by atoms with Crippen molar-refractivity contribution >= 4 is 32.9 Å². The summed E-state index contributed by atoms with van der Waals surface area (Å²) in [7, 11) is 3.53. The van der Waals surface area contributed by atoms with E-state index in [4.69, 9.17) is 17.0 Å². The zero-order valence-corrected chi connectivity index (χ0v) is 11.9. The first-order chi connectivity index (χ1) is 8.29. The summed E-state index contributed by atoms with van der Waals surface area (Å²) in [6, 6.07) is 6.41. The van der Waals surface area contributed by atoms with Gasteiger partial charge in [0.1, 0.15) is 9.57 Å². The van der Waals surface area contributed by atoms with Gasteiger partial charge in [-0.2, -0.15) is 0 Å². The van der Waals surface area contributed by atoms with E-state index >= 15 is 0 Å². The minimum absolute atomic E-state index is 0.724. The second kappa shape index (κ2) is 4.52. The van der Waals surface area contributed by atoms with Crippen LogP contribution in [0, 0.1) is 3.82 Å². The van der Waals surface area contributed by atoms with Crippen molar-refractivity contribution in [3.05, 3.63) is 33.1 Å². The van der Waals surface area contributed by atoms with Crippen molar-refractivity contribution in [3.8, 4) is 16.2 Å². The lowest BCUT2D eigenvalue weighted by molar-refractivity contribution is 0.340. The molecular formula is C13H12OS3. The maximum Gasteiger partial charge on any atom is 0.119 e. The largest absolute Gasteiger partial charge is 0.494 e.